The van der Waals surface area contributed by atoms with Crippen molar-refractivity contribution in [2.24, 2.45) is 5.41 Å². The molecule has 1 heterocycles. The molecule has 1 atom stereocenters. The Morgan fingerprint density at radius 3 is 2.57 bits per heavy atom. The third-order valence-electron chi connectivity index (χ3n) is 5.19. The molecule has 2 aliphatic rings. The maximum Gasteiger partial charge on any atom is 0.153 e. The van der Waals surface area contributed by atoms with Gasteiger partial charge in [0.1, 0.15) is 0 Å². The van der Waals surface area contributed by atoms with Crippen LogP contribution < -0.4 is 5.32 Å². The quantitative estimate of drug-likeness (QED) is 0.762. The summed E-state index contributed by atoms with van der Waals surface area (Å²) in [4.78, 5) is 2.43. The van der Waals surface area contributed by atoms with Crippen LogP contribution in [0.15, 0.2) is 0 Å². The minimum atomic E-state index is -2.80. The summed E-state index contributed by atoms with van der Waals surface area (Å²) in [6.07, 6.45) is 7.77. The molecule has 1 unspecified atom stereocenters. The summed E-state index contributed by atoms with van der Waals surface area (Å²) < 4.78 is 23.5. The minimum absolute atomic E-state index is 0.175. The zero-order valence-electron chi connectivity index (χ0n) is 13.7. The SMILES string of the molecule is CCCNCC1(CN2CCS(=O)(=O)CC2C)CCCCC1. The average molecular weight is 317 g/mol. The van der Waals surface area contributed by atoms with Gasteiger partial charge in [0.05, 0.1) is 11.5 Å². The fraction of sp³-hybridized carbons (Fsp3) is 1.00. The van der Waals surface area contributed by atoms with E-state index in [1.54, 1.807) is 0 Å². The van der Waals surface area contributed by atoms with Crippen molar-refractivity contribution in [1.29, 1.82) is 0 Å². The van der Waals surface area contributed by atoms with Gasteiger partial charge in [-0.3, -0.25) is 4.90 Å². The standard InChI is InChI=1S/C16H32N2O2S/c1-3-9-17-13-16(7-5-4-6-8-16)14-18-10-11-21(19,20)12-15(18)2/h15,17H,3-14H2,1-2H3. The highest BCUT2D eigenvalue weighted by Gasteiger charge is 2.37. The van der Waals surface area contributed by atoms with E-state index < -0.39 is 9.84 Å². The Morgan fingerprint density at radius 1 is 1.24 bits per heavy atom. The second-order valence-electron chi connectivity index (χ2n) is 7.17. The number of hydrogen-bond donors (Lipinski definition) is 1. The summed E-state index contributed by atoms with van der Waals surface area (Å²) >= 11 is 0. The van der Waals surface area contributed by atoms with Gasteiger partial charge in [0, 0.05) is 25.7 Å². The highest BCUT2D eigenvalue weighted by Crippen LogP contribution is 2.37. The maximum absolute atomic E-state index is 11.8. The van der Waals surface area contributed by atoms with Crippen LogP contribution in [0.4, 0.5) is 0 Å². The molecule has 0 aromatic heterocycles. The van der Waals surface area contributed by atoms with Crippen LogP contribution >= 0.6 is 0 Å². The third kappa shape index (κ3) is 4.93. The van der Waals surface area contributed by atoms with E-state index in [4.69, 9.17) is 0 Å². The molecule has 0 bridgehead atoms. The number of sulfone groups is 1. The van der Waals surface area contributed by atoms with E-state index >= 15 is 0 Å². The first-order chi connectivity index (χ1) is 9.96. The molecule has 1 saturated carbocycles. The van der Waals surface area contributed by atoms with Gasteiger partial charge >= 0.3 is 0 Å². The smallest absolute Gasteiger partial charge is 0.153 e. The number of nitrogens with one attached hydrogen (secondary N) is 1. The first kappa shape index (κ1) is 17.2. The average Bonchev–Trinajstić information content (AvgIpc) is 2.43. The molecule has 0 spiro atoms. The molecule has 2 rings (SSSR count). The van der Waals surface area contributed by atoms with E-state index in [1.807, 2.05) is 0 Å². The lowest BCUT2D eigenvalue weighted by atomic mass is 9.73. The fourth-order valence-electron chi connectivity index (χ4n) is 3.92. The molecule has 0 aromatic carbocycles. The van der Waals surface area contributed by atoms with Gasteiger partial charge in [-0.2, -0.15) is 0 Å². The Balaban J connectivity index is 1.97. The van der Waals surface area contributed by atoms with E-state index in [-0.39, 0.29) is 6.04 Å². The molecule has 2 fully saturated rings. The molecule has 5 heteroatoms. The molecule has 0 amide bonds. The Labute approximate surface area is 130 Å². The third-order valence-corrected chi connectivity index (χ3v) is 6.98. The van der Waals surface area contributed by atoms with Crippen molar-refractivity contribution < 1.29 is 8.42 Å². The molecule has 124 valence electrons. The predicted octanol–water partition coefficient (Wildman–Crippen LogP) is 2.06. The van der Waals surface area contributed by atoms with E-state index in [1.165, 1.54) is 38.5 Å². The summed E-state index contributed by atoms with van der Waals surface area (Å²) in [6, 6.07) is 0.175. The van der Waals surface area contributed by atoms with Crippen molar-refractivity contribution in [1.82, 2.24) is 10.2 Å². The van der Waals surface area contributed by atoms with Gasteiger partial charge in [-0.05, 0) is 38.1 Å². The van der Waals surface area contributed by atoms with Gasteiger partial charge in [-0.1, -0.05) is 26.2 Å². The van der Waals surface area contributed by atoms with Crippen LogP contribution in [-0.2, 0) is 9.84 Å². The monoisotopic (exact) mass is 316 g/mol. The largest absolute Gasteiger partial charge is 0.316 e. The number of rotatable bonds is 6. The number of hydrogen-bond acceptors (Lipinski definition) is 4. The van der Waals surface area contributed by atoms with Crippen molar-refractivity contribution in [2.75, 3.05) is 37.7 Å². The van der Waals surface area contributed by atoms with Crippen molar-refractivity contribution >= 4 is 9.84 Å². The van der Waals surface area contributed by atoms with Crippen LogP contribution in [-0.4, -0.2) is 57.0 Å². The molecule has 0 radical (unpaired) electrons. The summed E-state index contributed by atoms with van der Waals surface area (Å²) in [5.74, 6) is 0.682. The van der Waals surface area contributed by atoms with Crippen LogP contribution in [0, 0.1) is 5.41 Å². The molecule has 4 nitrogen and oxygen atoms in total. The summed E-state index contributed by atoms with van der Waals surface area (Å²) in [6.45, 7) is 8.26. The van der Waals surface area contributed by atoms with Crippen molar-refractivity contribution in [3.05, 3.63) is 0 Å². The van der Waals surface area contributed by atoms with Gasteiger partial charge in [-0.25, -0.2) is 8.42 Å². The fourth-order valence-corrected chi connectivity index (χ4v) is 5.55. The molecule has 0 aromatic rings. The summed E-state index contributed by atoms with van der Waals surface area (Å²) in [5, 5.41) is 3.62. The topological polar surface area (TPSA) is 49.4 Å². The van der Waals surface area contributed by atoms with Crippen LogP contribution in [0.25, 0.3) is 0 Å². The van der Waals surface area contributed by atoms with E-state index in [0.717, 1.165) is 26.2 Å². The van der Waals surface area contributed by atoms with Crippen LogP contribution in [0.5, 0.6) is 0 Å². The molecule has 1 saturated heterocycles. The summed E-state index contributed by atoms with van der Waals surface area (Å²) in [5.41, 5.74) is 0.364. The second kappa shape index (κ2) is 7.42. The minimum Gasteiger partial charge on any atom is -0.316 e. The van der Waals surface area contributed by atoms with Gasteiger partial charge in [0.25, 0.3) is 0 Å². The highest BCUT2D eigenvalue weighted by atomic mass is 32.2. The van der Waals surface area contributed by atoms with Crippen molar-refractivity contribution in [2.45, 2.75) is 58.4 Å². The van der Waals surface area contributed by atoms with Crippen LogP contribution in [0.3, 0.4) is 0 Å². The Morgan fingerprint density at radius 2 is 1.95 bits per heavy atom. The van der Waals surface area contributed by atoms with Gasteiger partial charge in [0.15, 0.2) is 9.84 Å². The normalized spacial score (nSPS) is 29.3. The van der Waals surface area contributed by atoms with Gasteiger partial charge in [0.2, 0.25) is 0 Å². The number of nitrogens with zero attached hydrogens (tertiary/aromatic N) is 1. The maximum atomic E-state index is 11.8. The van der Waals surface area contributed by atoms with Crippen molar-refractivity contribution in [3.63, 3.8) is 0 Å². The molecule has 1 aliphatic heterocycles. The Bertz CT molecular complexity index is 416. The lowest BCUT2D eigenvalue weighted by Gasteiger charge is -2.44. The lowest BCUT2D eigenvalue weighted by Crippen LogP contribution is -2.53. The molecule has 1 aliphatic carbocycles. The molecular formula is C16H32N2O2S. The second-order valence-corrected chi connectivity index (χ2v) is 9.40. The first-order valence-electron chi connectivity index (χ1n) is 8.62. The van der Waals surface area contributed by atoms with E-state index in [9.17, 15) is 8.42 Å². The van der Waals surface area contributed by atoms with Gasteiger partial charge < -0.3 is 5.32 Å². The molecule has 21 heavy (non-hydrogen) atoms. The Hall–Kier alpha value is -0.130. The van der Waals surface area contributed by atoms with Gasteiger partial charge in [-0.15, -0.1) is 0 Å². The zero-order chi connectivity index (χ0) is 15.3. The predicted molar refractivity (Wildman–Crippen MR) is 88.4 cm³/mol. The van der Waals surface area contributed by atoms with Crippen LogP contribution in [0.2, 0.25) is 0 Å². The molecular weight excluding hydrogens is 284 g/mol. The highest BCUT2D eigenvalue weighted by molar-refractivity contribution is 7.91. The van der Waals surface area contributed by atoms with E-state index in [2.05, 4.69) is 24.1 Å². The van der Waals surface area contributed by atoms with E-state index in [0.29, 0.717) is 16.9 Å². The Kier molecular flexibility index (Phi) is 6.09. The summed E-state index contributed by atoms with van der Waals surface area (Å²) in [7, 11) is -2.80. The zero-order valence-corrected chi connectivity index (χ0v) is 14.6. The first-order valence-corrected chi connectivity index (χ1v) is 10.4. The van der Waals surface area contributed by atoms with Crippen molar-refractivity contribution in [3.8, 4) is 0 Å². The molecule has 1 N–H and O–H groups in total. The lowest BCUT2D eigenvalue weighted by molar-refractivity contribution is 0.0856. The van der Waals surface area contributed by atoms with Crippen LogP contribution in [0.1, 0.15) is 52.4 Å².